The highest BCUT2D eigenvalue weighted by Crippen LogP contribution is 2.38. The normalized spacial score (nSPS) is 15.9. The third-order valence-corrected chi connectivity index (χ3v) is 6.13. The van der Waals surface area contributed by atoms with Crippen molar-refractivity contribution in [3.05, 3.63) is 53.5 Å². The second-order valence-electron chi connectivity index (χ2n) is 8.28. The molecular formula is C23H27N5. The van der Waals surface area contributed by atoms with Crippen molar-refractivity contribution in [2.75, 3.05) is 13.1 Å². The fourth-order valence-electron chi connectivity index (χ4n) is 4.68. The van der Waals surface area contributed by atoms with Gasteiger partial charge in [-0.3, -0.25) is 0 Å². The first-order chi connectivity index (χ1) is 13.6. The van der Waals surface area contributed by atoms with Crippen molar-refractivity contribution in [2.24, 2.45) is 0 Å². The summed E-state index contributed by atoms with van der Waals surface area (Å²) in [6.45, 7) is 8.85. The standard InChI is InChI=1S/C23H27N5/c1-14(2)21-19-12-17(16-8-10-24-11-9-16)5-7-20(19)27-22(21)18-6-4-15(3)28-23(18)25-13-26-28/h4-7,12-14,16,24,27H,8-11H2,1-3H3. The number of hydrogen-bond donors (Lipinski definition) is 2. The highest BCUT2D eigenvalue weighted by Gasteiger charge is 2.21. The topological polar surface area (TPSA) is 58.0 Å². The van der Waals surface area contributed by atoms with Gasteiger partial charge in [0.05, 0.1) is 5.69 Å². The van der Waals surface area contributed by atoms with Gasteiger partial charge in [0.2, 0.25) is 0 Å². The Morgan fingerprint density at radius 3 is 2.71 bits per heavy atom. The van der Waals surface area contributed by atoms with Crippen LogP contribution in [0.1, 0.15) is 55.3 Å². The lowest BCUT2D eigenvalue weighted by molar-refractivity contribution is 0.460. The molecule has 3 aromatic heterocycles. The molecule has 1 aliphatic heterocycles. The summed E-state index contributed by atoms with van der Waals surface area (Å²) in [5.74, 6) is 1.07. The zero-order chi connectivity index (χ0) is 19.3. The van der Waals surface area contributed by atoms with Gasteiger partial charge in [-0.2, -0.15) is 5.10 Å². The molecule has 0 amide bonds. The molecule has 5 nitrogen and oxygen atoms in total. The van der Waals surface area contributed by atoms with E-state index in [9.17, 15) is 0 Å². The monoisotopic (exact) mass is 373 g/mol. The molecule has 0 bridgehead atoms. The Balaban J connectivity index is 1.71. The minimum atomic E-state index is 0.413. The Morgan fingerprint density at radius 1 is 1.11 bits per heavy atom. The van der Waals surface area contributed by atoms with E-state index in [1.165, 1.54) is 40.6 Å². The lowest BCUT2D eigenvalue weighted by Crippen LogP contribution is -2.26. The molecule has 1 aromatic carbocycles. The number of H-pyrrole nitrogens is 1. The van der Waals surface area contributed by atoms with Crippen molar-refractivity contribution in [1.29, 1.82) is 0 Å². The smallest absolute Gasteiger partial charge is 0.164 e. The highest BCUT2D eigenvalue weighted by atomic mass is 15.3. The van der Waals surface area contributed by atoms with Gasteiger partial charge in [0.25, 0.3) is 0 Å². The van der Waals surface area contributed by atoms with E-state index in [0.29, 0.717) is 11.8 Å². The summed E-state index contributed by atoms with van der Waals surface area (Å²) in [6, 6.07) is 11.3. The summed E-state index contributed by atoms with van der Waals surface area (Å²) in [5, 5.41) is 9.21. The Labute approximate surface area is 165 Å². The summed E-state index contributed by atoms with van der Waals surface area (Å²) in [7, 11) is 0. The summed E-state index contributed by atoms with van der Waals surface area (Å²) >= 11 is 0. The molecule has 0 aliphatic carbocycles. The average molecular weight is 374 g/mol. The molecule has 0 spiro atoms. The minimum Gasteiger partial charge on any atom is -0.354 e. The third kappa shape index (κ3) is 2.73. The van der Waals surface area contributed by atoms with Crippen LogP contribution in [0.5, 0.6) is 0 Å². The second-order valence-corrected chi connectivity index (χ2v) is 8.28. The van der Waals surface area contributed by atoms with E-state index in [-0.39, 0.29) is 0 Å². The van der Waals surface area contributed by atoms with Crippen LogP contribution in [0, 0.1) is 6.92 Å². The average Bonchev–Trinajstić information content (AvgIpc) is 3.34. The van der Waals surface area contributed by atoms with E-state index in [1.807, 2.05) is 4.52 Å². The van der Waals surface area contributed by atoms with Crippen LogP contribution < -0.4 is 5.32 Å². The van der Waals surface area contributed by atoms with Crippen LogP contribution in [-0.2, 0) is 0 Å². The number of nitrogens with one attached hydrogen (secondary N) is 2. The number of pyridine rings is 1. The van der Waals surface area contributed by atoms with E-state index >= 15 is 0 Å². The molecule has 5 rings (SSSR count). The maximum absolute atomic E-state index is 4.54. The first-order valence-electron chi connectivity index (χ1n) is 10.3. The first kappa shape index (κ1) is 17.4. The molecule has 0 unspecified atom stereocenters. The second kappa shape index (κ2) is 6.74. The number of aromatic nitrogens is 4. The maximum atomic E-state index is 4.54. The van der Waals surface area contributed by atoms with E-state index in [2.05, 4.69) is 71.5 Å². The van der Waals surface area contributed by atoms with E-state index < -0.39 is 0 Å². The number of aryl methyl sites for hydroxylation is 1. The minimum absolute atomic E-state index is 0.413. The summed E-state index contributed by atoms with van der Waals surface area (Å²) in [4.78, 5) is 8.24. The molecule has 5 heteroatoms. The molecule has 4 aromatic rings. The molecule has 144 valence electrons. The van der Waals surface area contributed by atoms with Crippen molar-refractivity contribution < 1.29 is 0 Å². The van der Waals surface area contributed by atoms with Crippen molar-refractivity contribution in [1.82, 2.24) is 24.9 Å². The molecule has 4 heterocycles. The molecule has 2 N–H and O–H groups in total. The van der Waals surface area contributed by atoms with Crippen molar-refractivity contribution in [2.45, 2.75) is 45.4 Å². The van der Waals surface area contributed by atoms with E-state index in [0.717, 1.165) is 30.0 Å². The number of nitrogens with zero attached hydrogens (tertiary/aromatic N) is 3. The summed E-state index contributed by atoms with van der Waals surface area (Å²) < 4.78 is 1.92. The Hall–Kier alpha value is -2.66. The number of piperidine rings is 1. The van der Waals surface area contributed by atoms with Gasteiger partial charge < -0.3 is 10.3 Å². The molecule has 1 fully saturated rings. The fourth-order valence-corrected chi connectivity index (χ4v) is 4.68. The fraction of sp³-hybridized carbons (Fsp3) is 0.391. The Bertz CT molecular complexity index is 1140. The Morgan fingerprint density at radius 2 is 1.93 bits per heavy atom. The lowest BCUT2D eigenvalue weighted by Gasteiger charge is -2.23. The zero-order valence-electron chi connectivity index (χ0n) is 16.8. The van der Waals surface area contributed by atoms with Gasteiger partial charge in [-0.25, -0.2) is 9.50 Å². The number of fused-ring (bicyclic) bond motifs is 2. The predicted octanol–water partition coefficient (Wildman–Crippen LogP) is 4.78. The number of rotatable bonds is 3. The van der Waals surface area contributed by atoms with Gasteiger partial charge >= 0.3 is 0 Å². The van der Waals surface area contributed by atoms with Crippen molar-refractivity contribution in [3.63, 3.8) is 0 Å². The van der Waals surface area contributed by atoms with Crippen molar-refractivity contribution >= 4 is 16.6 Å². The largest absolute Gasteiger partial charge is 0.354 e. The number of aromatic amines is 1. The van der Waals surface area contributed by atoms with Crippen LogP contribution in [0.3, 0.4) is 0 Å². The molecule has 28 heavy (non-hydrogen) atoms. The lowest BCUT2D eigenvalue weighted by atomic mass is 9.88. The highest BCUT2D eigenvalue weighted by molar-refractivity contribution is 5.94. The first-order valence-corrected chi connectivity index (χ1v) is 10.3. The molecular weight excluding hydrogens is 346 g/mol. The zero-order valence-corrected chi connectivity index (χ0v) is 16.8. The van der Waals surface area contributed by atoms with Gasteiger partial charge in [-0.1, -0.05) is 19.9 Å². The molecule has 1 saturated heterocycles. The van der Waals surface area contributed by atoms with Gasteiger partial charge in [0.1, 0.15) is 6.33 Å². The van der Waals surface area contributed by atoms with Crippen LogP contribution in [0.25, 0.3) is 27.8 Å². The molecule has 0 saturated carbocycles. The van der Waals surface area contributed by atoms with E-state index in [1.54, 1.807) is 6.33 Å². The molecule has 0 atom stereocenters. The van der Waals surface area contributed by atoms with Gasteiger partial charge in [0.15, 0.2) is 5.65 Å². The van der Waals surface area contributed by atoms with Gasteiger partial charge in [0, 0.05) is 22.2 Å². The molecule has 1 aliphatic rings. The number of benzene rings is 1. The SMILES string of the molecule is Cc1ccc(-c2[nH]c3ccc(C4CCNCC4)cc3c2C(C)C)c2ncnn12. The quantitative estimate of drug-likeness (QED) is 0.543. The predicted molar refractivity (Wildman–Crippen MR) is 114 cm³/mol. The molecule has 0 radical (unpaired) electrons. The van der Waals surface area contributed by atoms with Gasteiger partial charge in [-0.15, -0.1) is 0 Å². The van der Waals surface area contributed by atoms with Gasteiger partial charge in [-0.05, 0) is 80.1 Å². The van der Waals surface area contributed by atoms with E-state index in [4.69, 9.17) is 0 Å². The third-order valence-electron chi connectivity index (χ3n) is 6.13. The van der Waals surface area contributed by atoms with Crippen molar-refractivity contribution in [3.8, 4) is 11.3 Å². The summed E-state index contributed by atoms with van der Waals surface area (Å²) in [6.07, 6.45) is 4.08. The van der Waals surface area contributed by atoms with Crippen LogP contribution in [0.2, 0.25) is 0 Å². The Kier molecular flexibility index (Phi) is 4.20. The maximum Gasteiger partial charge on any atom is 0.164 e. The van der Waals surface area contributed by atoms with Crippen LogP contribution in [0.4, 0.5) is 0 Å². The summed E-state index contributed by atoms with van der Waals surface area (Å²) in [5.41, 5.74) is 8.34. The van der Waals surface area contributed by atoms with Crippen LogP contribution in [-0.4, -0.2) is 32.7 Å². The van der Waals surface area contributed by atoms with Crippen LogP contribution >= 0.6 is 0 Å². The number of hydrogen-bond acceptors (Lipinski definition) is 3. The van der Waals surface area contributed by atoms with Crippen LogP contribution in [0.15, 0.2) is 36.7 Å².